The topological polar surface area (TPSA) is 48.1 Å². The van der Waals surface area contributed by atoms with E-state index in [1.807, 2.05) is 103 Å². The molecule has 35 heavy (non-hydrogen) atoms. The van der Waals surface area contributed by atoms with E-state index < -0.39 is 0 Å². The standard InChI is InChI=1S/C29H25N3O2S/c1-32-25-14-8-9-15-28(25)35-29(32)31-30-19-24-16-17-26(33-20-22-10-4-2-5-11-22)27(18-24)34-21-23-12-6-3-7-13-23/h2-19H,20-21H2,1H3. The Kier molecular flexibility index (Phi) is 7.01. The number of aryl methyl sites for hydroxylation is 1. The summed E-state index contributed by atoms with van der Waals surface area (Å²) in [6.45, 7) is 0.916. The van der Waals surface area contributed by atoms with Crippen LogP contribution in [-0.2, 0) is 20.3 Å². The Morgan fingerprint density at radius 3 is 2.06 bits per heavy atom. The van der Waals surface area contributed by atoms with Gasteiger partial charge in [0.2, 0.25) is 4.80 Å². The number of aromatic nitrogens is 1. The molecule has 5 aromatic rings. The fourth-order valence-corrected chi connectivity index (χ4v) is 4.61. The molecule has 0 aliphatic carbocycles. The van der Waals surface area contributed by atoms with Crippen molar-refractivity contribution in [3.8, 4) is 11.5 Å². The van der Waals surface area contributed by atoms with Gasteiger partial charge in [-0.25, -0.2) is 0 Å². The predicted molar refractivity (Wildman–Crippen MR) is 142 cm³/mol. The van der Waals surface area contributed by atoms with Gasteiger partial charge in [-0.1, -0.05) is 84.1 Å². The minimum absolute atomic E-state index is 0.450. The van der Waals surface area contributed by atoms with E-state index in [1.54, 1.807) is 17.6 Å². The number of para-hydroxylation sites is 1. The third-order valence-electron chi connectivity index (χ3n) is 5.51. The van der Waals surface area contributed by atoms with Crippen molar-refractivity contribution in [2.45, 2.75) is 13.2 Å². The SMILES string of the molecule is Cn1c(=NN=Cc2ccc(OCc3ccccc3)c(OCc3ccccc3)c2)sc2ccccc21. The van der Waals surface area contributed by atoms with Gasteiger partial charge in [0.05, 0.1) is 16.4 Å². The molecule has 0 radical (unpaired) electrons. The monoisotopic (exact) mass is 479 g/mol. The highest BCUT2D eigenvalue weighted by Gasteiger charge is 2.08. The Hall–Kier alpha value is -4.16. The van der Waals surface area contributed by atoms with Crippen LogP contribution >= 0.6 is 11.3 Å². The van der Waals surface area contributed by atoms with Crippen LogP contribution in [0.3, 0.4) is 0 Å². The fourth-order valence-electron chi connectivity index (χ4n) is 3.63. The molecule has 0 aliphatic heterocycles. The van der Waals surface area contributed by atoms with Crippen LogP contribution in [0, 0.1) is 0 Å². The summed E-state index contributed by atoms with van der Waals surface area (Å²) in [5.41, 5.74) is 4.21. The highest BCUT2D eigenvalue weighted by atomic mass is 32.1. The summed E-state index contributed by atoms with van der Waals surface area (Å²) in [6, 6.07) is 34.2. The van der Waals surface area contributed by atoms with Crippen molar-refractivity contribution in [3.05, 3.63) is 125 Å². The Balaban J connectivity index is 1.38. The molecule has 0 amide bonds. The molecule has 1 aromatic heterocycles. The number of benzene rings is 4. The number of nitrogens with zero attached hydrogens (tertiary/aromatic N) is 3. The minimum atomic E-state index is 0.450. The molecule has 1 heterocycles. The first kappa shape index (κ1) is 22.6. The normalized spacial score (nSPS) is 11.9. The second kappa shape index (κ2) is 10.8. The Labute approximate surface area is 208 Å². The van der Waals surface area contributed by atoms with E-state index in [0.717, 1.165) is 27.0 Å². The van der Waals surface area contributed by atoms with E-state index in [1.165, 1.54) is 4.70 Å². The molecule has 6 heteroatoms. The molecule has 5 nitrogen and oxygen atoms in total. The largest absolute Gasteiger partial charge is 0.485 e. The van der Waals surface area contributed by atoms with Crippen molar-refractivity contribution in [2.75, 3.05) is 0 Å². The van der Waals surface area contributed by atoms with Crippen LogP contribution in [0.25, 0.3) is 10.2 Å². The fraction of sp³-hybridized carbons (Fsp3) is 0.103. The van der Waals surface area contributed by atoms with Crippen LogP contribution in [0.1, 0.15) is 16.7 Å². The molecule has 0 N–H and O–H groups in total. The second-order valence-corrected chi connectivity index (χ2v) is 9.02. The van der Waals surface area contributed by atoms with Crippen molar-refractivity contribution in [3.63, 3.8) is 0 Å². The van der Waals surface area contributed by atoms with Crippen LogP contribution in [0.4, 0.5) is 0 Å². The summed E-state index contributed by atoms with van der Waals surface area (Å²) < 4.78 is 15.5. The van der Waals surface area contributed by atoms with E-state index >= 15 is 0 Å². The van der Waals surface area contributed by atoms with Crippen LogP contribution in [0.5, 0.6) is 11.5 Å². The number of ether oxygens (including phenoxy) is 2. The van der Waals surface area contributed by atoms with Gasteiger partial charge in [-0.05, 0) is 47.0 Å². The first-order valence-corrected chi connectivity index (χ1v) is 12.2. The number of fused-ring (bicyclic) bond motifs is 1. The highest BCUT2D eigenvalue weighted by molar-refractivity contribution is 7.16. The minimum Gasteiger partial charge on any atom is -0.485 e. The summed E-state index contributed by atoms with van der Waals surface area (Å²) in [5.74, 6) is 1.36. The van der Waals surface area contributed by atoms with Crippen molar-refractivity contribution in [2.24, 2.45) is 17.3 Å². The maximum atomic E-state index is 6.16. The van der Waals surface area contributed by atoms with Gasteiger partial charge in [0.15, 0.2) is 11.5 Å². The summed E-state index contributed by atoms with van der Waals surface area (Å²) in [4.78, 5) is 0.839. The molecule has 0 bridgehead atoms. The predicted octanol–water partition coefficient (Wildman–Crippen LogP) is 6.33. The van der Waals surface area contributed by atoms with Gasteiger partial charge in [0, 0.05) is 7.05 Å². The quantitative estimate of drug-likeness (QED) is 0.193. The van der Waals surface area contributed by atoms with Crippen molar-refractivity contribution < 1.29 is 9.47 Å². The third-order valence-corrected chi connectivity index (χ3v) is 6.61. The van der Waals surface area contributed by atoms with Gasteiger partial charge >= 0.3 is 0 Å². The summed E-state index contributed by atoms with van der Waals surface area (Å²) >= 11 is 1.61. The molecule has 0 aliphatic rings. The Morgan fingerprint density at radius 1 is 0.743 bits per heavy atom. The Morgan fingerprint density at radius 2 is 1.37 bits per heavy atom. The number of hydrogen-bond acceptors (Lipinski definition) is 5. The van der Waals surface area contributed by atoms with Gasteiger partial charge < -0.3 is 14.0 Å². The molecular weight excluding hydrogens is 454 g/mol. The van der Waals surface area contributed by atoms with Gasteiger partial charge in [-0.15, -0.1) is 5.10 Å². The third kappa shape index (κ3) is 5.67. The molecule has 0 unspecified atom stereocenters. The number of thiazole rings is 1. The van der Waals surface area contributed by atoms with E-state index in [2.05, 4.69) is 22.3 Å². The number of hydrogen-bond donors (Lipinski definition) is 0. The summed E-state index contributed by atoms with van der Waals surface area (Å²) in [5, 5.41) is 8.78. The molecule has 0 fully saturated rings. The lowest BCUT2D eigenvalue weighted by Crippen LogP contribution is -2.08. The van der Waals surface area contributed by atoms with Crippen molar-refractivity contribution in [1.82, 2.24) is 4.57 Å². The second-order valence-electron chi connectivity index (χ2n) is 8.01. The van der Waals surface area contributed by atoms with Crippen LogP contribution < -0.4 is 14.3 Å². The molecular formula is C29H25N3O2S. The van der Waals surface area contributed by atoms with Crippen LogP contribution in [0.2, 0.25) is 0 Å². The molecule has 0 saturated carbocycles. The first-order chi connectivity index (χ1) is 17.3. The van der Waals surface area contributed by atoms with Gasteiger partial charge in [0.1, 0.15) is 13.2 Å². The zero-order valence-electron chi connectivity index (χ0n) is 19.4. The summed E-state index contributed by atoms with van der Waals surface area (Å²) in [6.07, 6.45) is 1.74. The molecule has 0 atom stereocenters. The first-order valence-electron chi connectivity index (χ1n) is 11.4. The van der Waals surface area contributed by atoms with E-state index in [-0.39, 0.29) is 0 Å². The molecule has 0 spiro atoms. The van der Waals surface area contributed by atoms with Gasteiger partial charge in [-0.3, -0.25) is 0 Å². The van der Waals surface area contributed by atoms with Crippen molar-refractivity contribution in [1.29, 1.82) is 0 Å². The molecule has 4 aromatic carbocycles. The molecule has 5 rings (SSSR count). The zero-order valence-corrected chi connectivity index (χ0v) is 20.2. The van der Waals surface area contributed by atoms with E-state index in [0.29, 0.717) is 24.7 Å². The molecule has 174 valence electrons. The average Bonchev–Trinajstić information content (AvgIpc) is 3.23. The lowest BCUT2D eigenvalue weighted by Gasteiger charge is -2.14. The number of rotatable bonds is 8. The Bertz CT molecular complexity index is 1510. The van der Waals surface area contributed by atoms with Gasteiger partial charge in [0.25, 0.3) is 0 Å². The van der Waals surface area contributed by atoms with Crippen molar-refractivity contribution >= 4 is 27.8 Å². The van der Waals surface area contributed by atoms with Crippen LogP contribution in [0.15, 0.2) is 113 Å². The smallest absolute Gasteiger partial charge is 0.211 e. The average molecular weight is 480 g/mol. The van der Waals surface area contributed by atoms with E-state index in [4.69, 9.17) is 9.47 Å². The zero-order chi connectivity index (χ0) is 23.9. The summed E-state index contributed by atoms with van der Waals surface area (Å²) in [7, 11) is 2.00. The molecule has 0 saturated heterocycles. The van der Waals surface area contributed by atoms with Crippen LogP contribution in [-0.4, -0.2) is 10.8 Å². The lowest BCUT2D eigenvalue weighted by atomic mass is 10.2. The van der Waals surface area contributed by atoms with Gasteiger partial charge in [-0.2, -0.15) is 5.10 Å². The highest BCUT2D eigenvalue weighted by Crippen LogP contribution is 2.30. The van der Waals surface area contributed by atoms with E-state index in [9.17, 15) is 0 Å². The maximum absolute atomic E-state index is 6.16. The lowest BCUT2D eigenvalue weighted by molar-refractivity contribution is 0.256. The maximum Gasteiger partial charge on any atom is 0.211 e.